The van der Waals surface area contributed by atoms with Crippen LogP contribution in [0.25, 0.3) is 0 Å². The van der Waals surface area contributed by atoms with Crippen LogP contribution in [0.5, 0.6) is 0 Å². The fourth-order valence-corrected chi connectivity index (χ4v) is 4.06. The summed E-state index contributed by atoms with van der Waals surface area (Å²) in [7, 11) is 0. The molecule has 1 aliphatic carbocycles. The molecular weight excluding hydrogens is 286 g/mol. The summed E-state index contributed by atoms with van der Waals surface area (Å²) in [5.41, 5.74) is -0.399. The van der Waals surface area contributed by atoms with Gasteiger partial charge in [0.25, 0.3) is 0 Å². The van der Waals surface area contributed by atoms with E-state index in [1.807, 2.05) is 0 Å². The van der Waals surface area contributed by atoms with Gasteiger partial charge < -0.3 is 9.47 Å². The molecule has 0 aromatic carbocycles. The predicted molar refractivity (Wildman–Crippen MR) is 92.9 cm³/mol. The molecule has 2 fully saturated rings. The van der Waals surface area contributed by atoms with Crippen LogP contribution < -0.4 is 0 Å². The molecule has 3 nitrogen and oxygen atoms in total. The lowest BCUT2D eigenvalue weighted by Gasteiger charge is -2.40. The summed E-state index contributed by atoms with van der Waals surface area (Å²) in [6, 6.07) is 2.46. The van der Waals surface area contributed by atoms with Gasteiger partial charge in [-0.1, -0.05) is 52.4 Å². The lowest BCUT2D eigenvalue weighted by atomic mass is 9.79. The van der Waals surface area contributed by atoms with Crippen molar-refractivity contribution in [2.45, 2.75) is 90.8 Å². The van der Waals surface area contributed by atoms with Crippen molar-refractivity contribution in [2.75, 3.05) is 13.2 Å². The van der Waals surface area contributed by atoms with Crippen LogP contribution in [-0.4, -0.2) is 19.5 Å². The van der Waals surface area contributed by atoms with Gasteiger partial charge in [-0.25, -0.2) is 0 Å². The van der Waals surface area contributed by atoms with Gasteiger partial charge in [-0.15, -0.1) is 0 Å². The molecule has 0 N–H and O–H groups in total. The van der Waals surface area contributed by atoms with E-state index in [4.69, 9.17) is 9.47 Å². The molecule has 1 heterocycles. The van der Waals surface area contributed by atoms with Crippen LogP contribution in [0.15, 0.2) is 0 Å². The molecule has 0 aromatic rings. The third-order valence-electron chi connectivity index (χ3n) is 5.79. The van der Waals surface area contributed by atoms with Crippen LogP contribution in [0.1, 0.15) is 84.5 Å². The van der Waals surface area contributed by atoms with E-state index in [1.54, 1.807) is 0 Å². The zero-order chi connectivity index (χ0) is 16.5. The first-order chi connectivity index (χ1) is 11.2. The van der Waals surface area contributed by atoms with Gasteiger partial charge in [0.15, 0.2) is 6.29 Å². The van der Waals surface area contributed by atoms with Crippen molar-refractivity contribution in [1.82, 2.24) is 0 Å². The number of nitriles is 1. The minimum Gasteiger partial charge on any atom is -0.351 e. The maximum atomic E-state index is 9.49. The zero-order valence-electron chi connectivity index (χ0n) is 15.2. The van der Waals surface area contributed by atoms with E-state index in [2.05, 4.69) is 19.9 Å². The number of unbranched alkanes of at least 4 members (excludes halogenated alkanes) is 3. The van der Waals surface area contributed by atoms with Crippen molar-refractivity contribution < 1.29 is 9.47 Å². The highest BCUT2D eigenvalue weighted by Crippen LogP contribution is 2.38. The predicted octanol–water partition coefficient (Wildman–Crippen LogP) is 5.45. The van der Waals surface area contributed by atoms with Crippen molar-refractivity contribution in [2.24, 2.45) is 17.3 Å². The van der Waals surface area contributed by atoms with Gasteiger partial charge in [-0.05, 0) is 38.0 Å². The maximum absolute atomic E-state index is 9.49. The average Bonchev–Trinajstić information content (AvgIpc) is 2.61. The Kier molecular flexibility index (Phi) is 7.86. The van der Waals surface area contributed by atoms with E-state index in [0.29, 0.717) is 19.1 Å². The molecule has 1 saturated heterocycles. The Bertz CT molecular complexity index is 360. The minimum absolute atomic E-state index is 0.0605. The van der Waals surface area contributed by atoms with E-state index in [0.717, 1.165) is 25.2 Å². The Hall–Kier alpha value is -0.590. The largest absolute Gasteiger partial charge is 0.351 e. The lowest BCUT2D eigenvalue weighted by Crippen LogP contribution is -2.44. The van der Waals surface area contributed by atoms with Gasteiger partial charge in [0, 0.05) is 5.92 Å². The smallest absolute Gasteiger partial charge is 0.160 e. The second kappa shape index (κ2) is 9.64. The summed E-state index contributed by atoms with van der Waals surface area (Å²) in [5, 5.41) is 9.49. The minimum atomic E-state index is -0.399. The number of hydrogen-bond acceptors (Lipinski definition) is 3. The first-order valence-electron chi connectivity index (χ1n) is 9.87. The Balaban J connectivity index is 1.71. The fourth-order valence-electron chi connectivity index (χ4n) is 4.06. The van der Waals surface area contributed by atoms with Crippen LogP contribution in [0.3, 0.4) is 0 Å². The average molecular weight is 322 g/mol. The quantitative estimate of drug-likeness (QED) is 0.558. The first kappa shape index (κ1) is 18.7. The molecule has 2 rings (SSSR count). The molecule has 132 valence electrons. The Morgan fingerprint density at radius 1 is 0.957 bits per heavy atom. The molecule has 0 radical (unpaired) electrons. The topological polar surface area (TPSA) is 42.2 Å². The van der Waals surface area contributed by atoms with Crippen molar-refractivity contribution >= 4 is 0 Å². The number of ether oxygens (including phenoxy) is 2. The van der Waals surface area contributed by atoms with Crippen molar-refractivity contribution in [1.29, 1.82) is 5.26 Å². The molecule has 0 atom stereocenters. The van der Waals surface area contributed by atoms with Crippen molar-refractivity contribution in [3.05, 3.63) is 0 Å². The lowest BCUT2D eigenvalue weighted by molar-refractivity contribution is -0.244. The third kappa shape index (κ3) is 5.47. The molecule has 3 heteroatoms. The highest BCUT2D eigenvalue weighted by molar-refractivity contribution is 5.00. The Morgan fingerprint density at radius 3 is 2.17 bits per heavy atom. The van der Waals surface area contributed by atoms with Crippen LogP contribution in [0.4, 0.5) is 0 Å². The SMILES string of the molecule is CCCCCC1CCC(C2OCC(C#N)(CCCC)CO2)CC1. The first-order valence-corrected chi connectivity index (χ1v) is 9.87. The van der Waals surface area contributed by atoms with Crippen LogP contribution in [0, 0.1) is 28.6 Å². The van der Waals surface area contributed by atoms with E-state index >= 15 is 0 Å². The molecule has 0 spiro atoms. The fraction of sp³-hybridized carbons (Fsp3) is 0.950. The van der Waals surface area contributed by atoms with Crippen LogP contribution in [-0.2, 0) is 9.47 Å². The molecule has 0 aromatic heterocycles. The highest BCUT2D eigenvalue weighted by atomic mass is 16.7. The summed E-state index contributed by atoms with van der Waals surface area (Å²) >= 11 is 0. The van der Waals surface area contributed by atoms with Crippen molar-refractivity contribution in [3.8, 4) is 6.07 Å². The van der Waals surface area contributed by atoms with E-state index < -0.39 is 5.41 Å². The molecule has 1 saturated carbocycles. The third-order valence-corrected chi connectivity index (χ3v) is 5.79. The number of rotatable bonds is 8. The van der Waals surface area contributed by atoms with Gasteiger partial charge in [0.2, 0.25) is 0 Å². The Morgan fingerprint density at radius 2 is 1.61 bits per heavy atom. The molecule has 0 bridgehead atoms. The summed E-state index contributed by atoms with van der Waals surface area (Å²) < 4.78 is 12.0. The van der Waals surface area contributed by atoms with Gasteiger partial charge in [-0.2, -0.15) is 5.26 Å². The summed E-state index contributed by atoms with van der Waals surface area (Å²) in [4.78, 5) is 0. The van der Waals surface area contributed by atoms with Gasteiger partial charge in [0.05, 0.1) is 19.3 Å². The number of hydrogen-bond donors (Lipinski definition) is 0. The highest BCUT2D eigenvalue weighted by Gasteiger charge is 2.40. The van der Waals surface area contributed by atoms with Gasteiger partial charge >= 0.3 is 0 Å². The molecule has 1 aliphatic heterocycles. The summed E-state index contributed by atoms with van der Waals surface area (Å²) in [5.74, 6) is 1.46. The van der Waals surface area contributed by atoms with E-state index in [9.17, 15) is 5.26 Å². The summed E-state index contributed by atoms with van der Waals surface area (Å²) in [6.45, 7) is 5.56. The van der Waals surface area contributed by atoms with Crippen molar-refractivity contribution in [3.63, 3.8) is 0 Å². The van der Waals surface area contributed by atoms with Gasteiger partial charge in [0.1, 0.15) is 5.41 Å². The standard InChI is InChI=1S/C20H35NO2/c1-3-5-7-8-17-9-11-18(12-10-17)19-22-15-20(14-21,16-23-19)13-6-4-2/h17-19H,3-13,15-16H2,1-2H3. The summed E-state index contributed by atoms with van der Waals surface area (Å²) in [6.07, 6.45) is 13.7. The monoisotopic (exact) mass is 321 g/mol. The van der Waals surface area contributed by atoms with Gasteiger partial charge in [-0.3, -0.25) is 0 Å². The number of nitrogens with zero attached hydrogens (tertiary/aromatic N) is 1. The van der Waals surface area contributed by atoms with E-state index in [-0.39, 0.29) is 6.29 Å². The van der Waals surface area contributed by atoms with Crippen LogP contribution in [0.2, 0.25) is 0 Å². The molecule has 2 aliphatic rings. The Labute approximate surface area is 142 Å². The second-order valence-corrected chi connectivity index (χ2v) is 7.76. The second-order valence-electron chi connectivity index (χ2n) is 7.76. The van der Waals surface area contributed by atoms with E-state index in [1.165, 1.54) is 51.4 Å². The molecule has 23 heavy (non-hydrogen) atoms. The zero-order valence-corrected chi connectivity index (χ0v) is 15.2. The molecular formula is C20H35NO2. The molecule has 0 unspecified atom stereocenters. The molecule has 0 amide bonds. The normalized spacial score (nSPS) is 34.9. The maximum Gasteiger partial charge on any atom is 0.160 e. The van der Waals surface area contributed by atoms with Crippen LogP contribution >= 0.6 is 0 Å².